The Morgan fingerprint density at radius 2 is 1.15 bits per heavy atom. The van der Waals surface area contributed by atoms with Gasteiger partial charge in [-0.1, -0.05) is 103 Å². The average Bonchev–Trinajstić information content (AvgIpc) is 3.41. The quantitative estimate of drug-likeness (QED) is 0.211. The molecule has 8 aromatic rings. The maximum Gasteiger partial charge on any atom is 0.146 e. The molecular formula is C37H24N2S. The van der Waals surface area contributed by atoms with Crippen LogP contribution in [0.4, 0.5) is 17.2 Å². The van der Waals surface area contributed by atoms with E-state index in [2.05, 4.69) is 144 Å². The average molecular weight is 529 g/mol. The number of thiophene rings is 1. The zero-order valence-electron chi connectivity index (χ0n) is 21.7. The molecule has 3 heteroatoms. The third-order valence-electron chi connectivity index (χ3n) is 7.70. The van der Waals surface area contributed by atoms with Crippen LogP contribution in [0.2, 0.25) is 0 Å². The number of fused-ring (bicyclic) bond motifs is 6. The zero-order chi connectivity index (χ0) is 26.5. The lowest BCUT2D eigenvalue weighted by Gasteiger charge is -2.26. The van der Waals surface area contributed by atoms with Gasteiger partial charge in [0, 0.05) is 37.7 Å². The molecule has 0 fully saturated rings. The summed E-state index contributed by atoms with van der Waals surface area (Å²) in [4.78, 5) is 7.34. The summed E-state index contributed by atoms with van der Waals surface area (Å²) in [6.07, 6.45) is 1.94. The van der Waals surface area contributed by atoms with Crippen LogP contribution in [0.5, 0.6) is 0 Å². The van der Waals surface area contributed by atoms with Crippen molar-refractivity contribution in [1.82, 2.24) is 4.98 Å². The summed E-state index contributed by atoms with van der Waals surface area (Å²) in [6, 6.07) is 49.9. The van der Waals surface area contributed by atoms with E-state index in [0.29, 0.717) is 0 Å². The van der Waals surface area contributed by atoms with Crippen molar-refractivity contribution in [2.45, 2.75) is 0 Å². The minimum absolute atomic E-state index is 0.947. The second kappa shape index (κ2) is 9.33. The SMILES string of the molecule is c1ccc(-c2ccc(N(c3ccc4c(ccc5ccccc54)c3)c3nccc4sc5ccccc5c34)cc2)cc1. The van der Waals surface area contributed by atoms with Gasteiger partial charge in [0.05, 0.1) is 0 Å². The number of hydrogen-bond acceptors (Lipinski definition) is 3. The number of benzene rings is 6. The van der Waals surface area contributed by atoms with E-state index in [-0.39, 0.29) is 0 Å². The number of hydrogen-bond donors (Lipinski definition) is 0. The highest BCUT2D eigenvalue weighted by molar-refractivity contribution is 7.25. The number of anilines is 3. The van der Waals surface area contributed by atoms with E-state index >= 15 is 0 Å². The normalized spacial score (nSPS) is 11.5. The molecule has 8 rings (SSSR count). The first-order chi connectivity index (χ1) is 19.8. The lowest BCUT2D eigenvalue weighted by Crippen LogP contribution is -2.12. The van der Waals surface area contributed by atoms with Gasteiger partial charge in [-0.05, 0) is 69.1 Å². The van der Waals surface area contributed by atoms with Crippen molar-refractivity contribution in [3.05, 3.63) is 146 Å². The maximum atomic E-state index is 5.03. The van der Waals surface area contributed by atoms with Gasteiger partial charge in [-0.15, -0.1) is 11.3 Å². The molecule has 0 N–H and O–H groups in total. The Kier molecular flexibility index (Phi) is 5.35. The Balaban J connectivity index is 1.36. The molecule has 2 nitrogen and oxygen atoms in total. The molecule has 0 spiro atoms. The fraction of sp³-hybridized carbons (Fsp3) is 0. The summed E-state index contributed by atoms with van der Waals surface area (Å²) in [5.74, 6) is 0.947. The third-order valence-corrected chi connectivity index (χ3v) is 8.84. The van der Waals surface area contributed by atoms with E-state index in [0.717, 1.165) is 17.2 Å². The number of aromatic nitrogens is 1. The lowest BCUT2D eigenvalue weighted by molar-refractivity contribution is 1.21. The Labute approximate surface area is 236 Å². The number of rotatable bonds is 4. The second-order valence-electron chi connectivity index (χ2n) is 10.0. The summed E-state index contributed by atoms with van der Waals surface area (Å²) >= 11 is 1.82. The van der Waals surface area contributed by atoms with Gasteiger partial charge in [-0.3, -0.25) is 4.90 Å². The molecule has 0 atom stereocenters. The molecule has 0 radical (unpaired) electrons. The van der Waals surface area contributed by atoms with E-state index in [4.69, 9.17) is 4.98 Å². The van der Waals surface area contributed by atoms with Crippen molar-refractivity contribution in [2.75, 3.05) is 4.90 Å². The van der Waals surface area contributed by atoms with Gasteiger partial charge < -0.3 is 0 Å². The molecule has 0 saturated carbocycles. The molecule has 6 aromatic carbocycles. The molecule has 0 saturated heterocycles. The Hall–Kier alpha value is -4.99. The van der Waals surface area contributed by atoms with Crippen LogP contribution >= 0.6 is 11.3 Å². The first-order valence-electron chi connectivity index (χ1n) is 13.5. The molecule has 2 heterocycles. The lowest BCUT2D eigenvalue weighted by atomic mass is 10.0. The van der Waals surface area contributed by atoms with Crippen LogP contribution in [0.25, 0.3) is 52.8 Å². The highest BCUT2D eigenvalue weighted by Gasteiger charge is 2.20. The Morgan fingerprint density at radius 1 is 0.475 bits per heavy atom. The predicted molar refractivity (Wildman–Crippen MR) is 172 cm³/mol. The third kappa shape index (κ3) is 3.75. The first-order valence-corrected chi connectivity index (χ1v) is 14.3. The van der Waals surface area contributed by atoms with Crippen LogP contribution in [-0.4, -0.2) is 4.98 Å². The first kappa shape index (κ1) is 22.9. The van der Waals surface area contributed by atoms with Gasteiger partial charge >= 0.3 is 0 Å². The highest BCUT2D eigenvalue weighted by Crippen LogP contribution is 2.44. The molecule has 0 bridgehead atoms. The smallest absolute Gasteiger partial charge is 0.146 e. The molecule has 0 unspecified atom stereocenters. The van der Waals surface area contributed by atoms with E-state index in [1.165, 1.54) is 52.8 Å². The van der Waals surface area contributed by atoms with Gasteiger partial charge in [-0.25, -0.2) is 4.98 Å². The summed E-state index contributed by atoms with van der Waals surface area (Å²) in [7, 11) is 0. The van der Waals surface area contributed by atoms with Crippen molar-refractivity contribution in [2.24, 2.45) is 0 Å². The fourth-order valence-electron chi connectivity index (χ4n) is 5.79. The summed E-state index contributed by atoms with van der Waals surface area (Å²) in [6.45, 7) is 0. The fourth-order valence-corrected chi connectivity index (χ4v) is 6.88. The molecule has 2 aromatic heterocycles. The Bertz CT molecular complexity index is 2160. The second-order valence-corrected chi connectivity index (χ2v) is 11.1. The van der Waals surface area contributed by atoms with Gasteiger partial charge in [0.25, 0.3) is 0 Å². The number of nitrogens with zero attached hydrogens (tertiary/aromatic N) is 2. The van der Waals surface area contributed by atoms with E-state index < -0.39 is 0 Å². The van der Waals surface area contributed by atoms with Crippen LogP contribution in [0.1, 0.15) is 0 Å². The molecule has 0 aliphatic heterocycles. The van der Waals surface area contributed by atoms with E-state index in [1.54, 1.807) is 0 Å². The van der Waals surface area contributed by atoms with Crippen molar-refractivity contribution < 1.29 is 0 Å². The van der Waals surface area contributed by atoms with Crippen molar-refractivity contribution in [3.8, 4) is 11.1 Å². The topological polar surface area (TPSA) is 16.1 Å². The Morgan fingerprint density at radius 3 is 2.02 bits per heavy atom. The number of pyridine rings is 1. The monoisotopic (exact) mass is 528 g/mol. The molecular weight excluding hydrogens is 504 g/mol. The van der Waals surface area contributed by atoms with Crippen LogP contribution in [0.3, 0.4) is 0 Å². The minimum Gasteiger partial charge on any atom is -0.294 e. The van der Waals surface area contributed by atoms with E-state index in [9.17, 15) is 0 Å². The minimum atomic E-state index is 0.947. The van der Waals surface area contributed by atoms with Gasteiger partial charge in [0.2, 0.25) is 0 Å². The predicted octanol–water partition coefficient (Wildman–Crippen LogP) is 10.9. The molecule has 0 amide bonds. The van der Waals surface area contributed by atoms with Crippen LogP contribution in [0, 0.1) is 0 Å². The summed E-state index contributed by atoms with van der Waals surface area (Å²) in [5, 5.41) is 7.43. The largest absolute Gasteiger partial charge is 0.294 e. The molecule has 0 aliphatic carbocycles. The van der Waals surface area contributed by atoms with Gasteiger partial charge in [0.15, 0.2) is 0 Å². The molecule has 188 valence electrons. The van der Waals surface area contributed by atoms with Crippen LogP contribution < -0.4 is 4.90 Å². The summed E-state index contributed by atoms with van der Waals surface area (Å²) < 4.78 is 2.51. The van der Waals surface area contributed by atoms with Crippen molar-refractivity contribution in [1.29, 1.82) is 0 Å². The maximum absolute atomic E-state index is 5.03. The van der Waals surface area contributed by atoms with Gasteiger partial charge in [0.1, 0.15) is 5.82 Å². The van der Waals surface area contributed by atoms with Gasteiger partial charge in [-0.2, -0.15) is 0 Å². The highest BCUT2D eigenvalue weighted by atomic mass is 32.1. The van der Waals surface area contributed by atoms with Crippen LogP contribution in [0.15, 0.2) is 146 Å². The van der Waals surface area contributed by atoms with E-state index in [1.807, 2.05) is 17.5 Å². The standard InChI is InChI=1S/C37H24N2S/c1-2-8-25(9-3-1)26-16-18-29(19-17-26)39(37-36-33-12-6-7-13-34(33)40-35(36)22-23-38-37)30-20-21-32-28(24-30)15-14-27-10-4-5-11-31(27)32/h1-24H. The molecule has 40 heavy (non-hydrogen) atoms. The molecule has 0 aliphatic rings. The van der Waals surface area contributed by atoms with Crippen LogP contribution in [-0.2, 0) is 0 Å². The van der Waals surface area contributed by atoms with Crippen molar-refractivity contribution in [3.63, 3.8) is 0 Å². The van der Waals surface area contributed by atoms with Crippen molar-refractivity contribution >= 4 is 70.2 Å². The zero-order valence-corrected chi connectivity index (χ0v) is 22.5. The summed E-state index contributed by atoms with van der Waals surface area (Å²) in [5.41, 5.74) is 4.57.